The molecular formula is C37H46ClN3O7. The first kappa shape index (κ1) is 34.1. The summed E-state index contributed by atoms with van der Waals surface area (Å²) in [7, 11) is 0. The molecule has 1 saturated heterocycles. The van der Waals surface area contributed by atoms with Crippen LogP contribution in [0.5, 0.6) is 11.5 Å². The molecule has 2 aliphatic carbocycles. The van der Waals surface area contributed by atoms with Crippen LogP contribution in [0.15, 0.2) is 42.5 Å². The Labute approximate surface area is 287 Å². The number of hydrogen-bond donors (Lipinski definition) is 2. The zero-order valence-corrected chi connectivity index (χ0v) is 28.4. The minimum atomic E-state index is -1.09. The minimum absolute atomic E-state index is 0.0110. The number of nitrogens with one attached hydrogen (secondary N) is 2. The SMILES string of the molecule is CCOC(=O)[C@@]12C[C@H]1CCCCCCC[C@H](NC(=O)OC1CCCC1)C(=O)N1Cc3ccc(Oc4cccc(Cl)c4)cc3CC1C(=O)N2. The molecule has 2 aliphatic heterocycles. The molecule has 3 fully saturated rings. The molecular weight excluding hydrogens is 634 g/mol. The largest absolute Gasteiger partial charge is 0.464 e. The molecule has 2 aromatic carbocycles. The van der Waals surface area contributed by atoms with E-state index >= 15 is 0 Å². The molecule has 2 aromatic rings. The molecule has 0 bridgehead atoms. The van der Waals surface area contributed by atoms with E-state index < -0.39 is 35.6 Å². The minimum Gasteiger partial charge on any atom is -0.464 e. The lowest BCUT2D eigenvalue weighted by Crippen LogP contribution is -2.60. The summed E-state index contributed by atoms with van der Waals surface area (Å²) in [6, 6.07) is 11.0. The predicted octanol–water partition coefficient (Wildman–Crippen LogP) is 6.61. The Hall–Kier alpha value is -3.79. The highest BCUT2D eigenvalue weighted by atomic mass is 35.5. The van der Waals surface area contributed by atoms with Crippen LogP contribution in [0.3, 0.4) is 0 Å². The number of esters is 1. The molecule has 2 saturated carbocycles. The lowest BCUT2D eigenvalue weighted by atomic mass is 9.91. The average molecular weight is 680 g/mol. The third-order valence-electron chi connectivity index (χ3n) is 10.2. The van der Waals surface area contributed by atoms with E-state index in [0.29, 0.717) is 29.4 Å². The molecule has 4 atom stereocenters. The fourth-order valence-corrected chi connectivity index (χ4v) is 7.69. The van der Waals surface area contributed by atoms with Gasteiger partial charge in [0.25, 0.3) is 0 Å². The van der Waals surface area contributed by atoms with Gasteiger partial charge < -0.3 is 29.7 Å². The van der Waals surface area contributed by atoms with Crippen LogP contribution in [0, 0.1) is 5.92 Å². The van der Waals surface area contributed by atoms with Crippen LogP contribution < -0.4 is 15.4 Å². The van der Waals surface area contributed by atoms with Crippen molar-refractivity contribution < 1.29 is 33.4 Å². The van der Waals surface area contributed by atoms with Gasteiger partial charge in [0, 0.05) is 18.0 Å². The van der Waals surface area contributed by atoms with Crippen molar-refractivity contribution in [3.05, 3.63) is 58.6 Å². The van der Waals surface area contributed by atoms with Crippen LogP contribution >= 0.6 is 11.6 Å². The number of hydrogen-bond acceptors (Lipinski definition) is 7. The van der Waals surface area contributed by atoms with Crippen LogP contribution in [0.4, 0.5) is 4.79 Å². The summed E-state index contributed by atoms with van der Waals surface area (Å²) < 4.78 is 17.2. The standard InChI is InChI=1S/C37H46ClN3O7/c1-2-46-35(44)37-22-26(37)11-6-4-3-5-7-16-31(39-36(45)48-28-13-8-9-14-28)34(43)41-23-24-17-18-30(47-29-15-10-12-27(38)21-29)19-25(24)20-32(41)33(42)40-37/h10,12,15,17-19,21,26,28,31-32H,2-9,11,13-14,16,20,22-23H2,1H3,(H,39,45)(H,40,42)/t26-,31+,32?,37-/m1/s1. The van der Waals surface area contributed by atoms with E-state index in [4.69, 9.17) is 25.8 Å². The van der Waals surface area contributed by atoms with Gasteiger partial charge >= 0.3 is 12.1 Å². The molecule has 6 rings (SSSR count). The molecule has 11 heteroatoms. The van der Waals surface area contributed by atoms with Crippen LogP contribution in [-0.2, 0) is 36.8 Å². The maximum Gasteiger partial charge on any atom is 0.408 e. The second-order valence-electron chi connectivity index (χ2n) is 13.6. The summed E-state index contributed by atoms with van der Waals surface area (Å²) in [5, 5.41) is 6.49. The number of carbonyl (C=O) groups is 4. The molecule has 2 heterocycles. The second-order valence-corrected chi connectivity index (χ2v) is 14.0. The molecule has 3 amide bonds. The third-order valence-corrected chi connectivity index (χ3v) is 10.5. The van der Waals surface area contributed by atoms with Crippen molar-refractivity contribution >= 4 is 35.5 Å². The van der Waals surface area contributed by atoms with Crippen molar-refractivity contribution in [2.45, 2.75) is 121 Å². The zero-order valence-electron chi connectivity index (χ0n) is 27.6. The number of nitrogens with zero attached hydrogens (tertiary/aromatic N) is 1. The van der Waals surface area contributed by atoms with Crippen molar-refractivity contribution in [1.29, 1.82) is 0 Å². The van der Waals surface area contributed by atoms with Crippen molar-refractivity contribution in [2.75, 3.05) is 6.61 Å². The summed E-state index contributed by atoms with van der Waals surface area (Å²) in [6.45, 7) is 2.13. The zero-order chi connectivity index (χ0) is 33.7. The predicted molar refractivity (Wildman–Crippen MR) is 180 cm³/mol. The van der Waals surface area contributed by atoms with Gasteiger partial charge in [-0.05, 0) is 99.2 Å². The van der Waals surface area contributed by atoms with E-state index in [1.807, 2.05) is 24.3 Å². The van der Waals surface area contributed by atoms with Gasteiger partial charge in [0.05, 0.1) is 6.61 Å². The number of amides is 3. The summed E-state index contributed by atoms with van der Waals surface area (Å²) in [5.74, 6) is -0.0240. The first-order valence-corrected chi connectivity index (χ1v) is 18.0. The number of alkyl carbamates (subject to hydrolysis) is 1. The summed E-state index contributed by atoms with van der Waals surface area (Å²) in [4.78, 5) is 56.6. The van der Waals surface area contributed by atoms with E-state index in [-0.39, 0.29) is 37.5 Å². The monoisotopic (exact) mass is 679 g/mol. The van der Waals surface area contributed by atoms with Crippen molar-refractivity contribution in [3.8, 4) is 11.5 Å². The average Bonchev–Trinajstić information content (AvgIpc) is 3.51. The second kappa shape index (κ2) is 15.2. The third kappa shape index (κ3) is 7.91. The topological polar surface area (TPSA) is 123 Å². The highest BCUT2D eigenvalue weighted by Crippen LogP contribution is 2.48. The first-order chi connectivity index (χ1) is 23.3. The lowest BCUT2D eigenvalue weighted by molar-refractivity contribution is -0.151. The smallest absolute Gasteiger partial charge is 0.408 e. The fraction of sp³-hybridized carbons (Fsp3) is 0.568. The highest BCUT2D eigenvalue weighted by Gasteiger charge is 2.62. The van der Waals surface area contributed by atoms with Gasteiger partial charge in [-0.3, -0.25) is 9.59 Å². The number of fused-ring (bicyclic) bond motifs is 3. The number of carbonyl (C=O) groups excluding carboxylic acids is 4. The van der Waals surface area contributed by atoms with Crippen molar-refractivity contribution in [2.24, 2.45) is 5.92 Å². The maximum atomic E-state index is 14.4. The number of rotatable bonds is 6. The Morgan fingerprint density at radius 3 is 2.44 bits per heavy atom. The van der Waals surface area contributed by atoms with E-state index in [2.05, 4.69) is 10.6 Å². The van der Waals surface area contributed by atoms with E-state index in [1.54, 1.807) is 30.0 Å². The Kier molecular flexibility index (Phi) is 10.8. The highest BCUT2D eigenvalue weighted by molar-refractivity contribution is 6.30. The van der Waals surface area contributed by atoms with E-state index in [9.17, 15) is 19.2 Å². The lowest BCUT2D eigenvalue weighted by Gasteiger charge is -2.38. The number of ether oxygens (including phenoxy) is 3. The van der Waals surface area contributed by atoms with E-state index in [0.717, 1.165) is 75.3 Å². The summed E-state index contributed by atoms with van der Waals surface area (Å²) in [6.07, 6.45) is 9.51. The normalized spacial score (nSPS) is 26.5. The van der Waals surface area contributed by atoms with Crippen LogP contribution in [0.25, 0.3) is 0 Å². The van der Waals surface area contributed by atoms with Crippen molar-refractivity contribution in [1.82, 2.24) is 15.5 Å². The molecule has 0 radical (unpaired) electrons. The number of halogens is 1. The van der Waals surface area contributed by atoms with Gasteiger partial charge in [0.1, 0.15) is 35.2 Å². The van der Waals surface area contributed by atoms with Gasteiger partial charge in [-0.2, -0.15) is 0 Å². The molecule has 48 heavy (non-hydrogen) atoms. The van der Waals surface area contributed by atoms with Crippen LogP contribution in [0.1, 0.15) is 95.1 Å². The van der Waals surface area contributed by atoms with Crippen LogP contribution in [0.2, 0.25) is 5.02 Å². The van der Waals surface area contributed by atoms with Crippen LogP contribution in [-0.4, -0.2) is 59.1 Å². The Bertz CT molecular complexity index is 1510. The first-order valence-electron chi connectivity index (χ1n) is 17.6. The maximum absolute atomic E-state index is 14.4. The van der Waals surface area contributed by atoms with Gasteiger partial charge in [0.15, 0.2) is 0 Å². The Morgan fingerprint density at radius 1 is 0.938 bits per heavy atom. The van der Waals surface area contributed by atoms with Crippen molar-refractivity contribution in [3.63, 3.8) is 0 Å². The molecule has 10 nitrogen and oxygen atoms in total. The molecule has 4 aliphatic rings. The van der Waals surface area contributed by atoms with E-state index in [1.165, 1.54) is 0 Å². The molecule has 1 unspecified atom stereocenters. The fourth-order valence-electron chi connectivity index (χ4n) is 7.51. The van der Waals surface area contributed by atoms with Gasteiger partial charge in [-0.15, -0.1) is 0 Å². The quantitative estimate of drug-likeness (QED) is 0.330. The van der Waals surface area contributed by atoms with Gasteiger partial charge in [0.2, 0.25) is 11.8 Å². The Morgan fingerprint density at radius 2 is 1.67 bits per heavy atom. The molecule has 0 spiro atoms. The Balaban J connectivity index is 1.30. The molecule has 0 aromatic heterocycles. The number of benzene rings is 2. The summed E-state index contributed by atoms with van der Waals surface area (Å²) in [5.41, 5.74) is 0.641. The summed E-state index contributed by atoms with van der Waals surface area (Å²) >= 11 is 6.16. The van der Waals surface area contributed by atoms with Gasteiger partial charge in [-0.25, -0.2) is 9.59 Å². The molecule has 2 N–H and O–H groups in total. The molecule has 258 valence electrons. The van der Waals surface area contributed by atoms with Gasteiger partial charge in [-0.1, -0.05) is 55.8 Å².